The van der Waals surface area contributed by atoms with Crippen LogP contribution in [0.4, 0.5) is 0 Å². The summed E-state index contributed by atoms with van der Waals surface area (Å²) in [6.07, 6.45) is 6.37. The number of thiophene rings is 1. The van der Waals surface area contributed by atoms with E-state index in [0.29, 0.717) is 0 Å². The predicted octanol–water partition coefficient (Wildman–Crippen LogP) is 3.63. The smallest absolute Gasteiger partial charge is 0.0801 e. The van der Waals surface area contributed by atoms with Gasteiger partial charge in [0.2, 0.25) is 0 Å². The van der Waals surface area contributed by atoms with Crippen LogP contribution in [0.3, 0.4) is 0 Å². The maximum absolute atomic E-state index is 5.43. The molecule has 0 spiro atoms. The maximum atomic E-state index is 5.43. The molecule has 1 aromatic heterocycles. The molecule has 0 atom stereocenters. The van der Waals surface area contributed by atoms with E-state index in [1.807, 2.05) is 0 Å². The van der Waals surface area contributed by atoms with Crippen molar-refractivity contribution in [3.05, 3.63) is 57.3 Å². The minimum atomic E-state index is 0.934. The van der Waals surface area contributed by atoms with Gasteiger partial charge in [-0.15, -0.1) is 17.8 Å². The highest BCUT2D eigenvalue weighted by molar-refractivity contribution is 7.10. The average molecular weight is 212 g/mol. The third-order valence-electron chi connectivity index (χ3n) is 2.39. The Hall–Kier alpha value is -1.52. The molecular formula is C14H12S. The number of hydrogen-bond acceptors (Lipinski definition) is 1. The van der Waals surface area contributed by atoms with Gasteiger partial charge in [0, 0.05) is 0 Å². The monoisotopic (exact) mass is 212 g/mol. The molecule has 0 nitrogen and oxygen atoms in total. The van der Waals surface area contributed by atoms with Crippen LogP contribution < -0.4 is 0 Å². The van der Waals surface area contributed by atoms with Crippen molar-refractivity contribution in [2.75, 3.05) is 0 Å². The van der Waals surface area contributed by atoms with Crippen molar-refractivity contribution in [2.45, 2.75) is 13.3 Å². The van der Waals surface area contributed by atoms with Crippen LogP contribution in [0.25, 0.3) is 0 Å². The van der Waals surface area contributed by atoms with Gasteiger partial charge < -0.3 is 0 Å². The molecule has 2 rings (SSSR count). The van der Waals surface area contributed by atoms with Gasteiger partial charge in [0.15, 0.2) is 0 Å². The third-order valence-corrected chi connectivity index (χ3v) is 3.28. The van der Waals surface area contributed by atoms with E-state index in [9.17, 15) is 0 Å². The summed E-state index contributed by atoms with van der Waals surface area (Å²) in [5.74, 6) is 2.73. The summed E-state index contributed by atoms with van der Waals surface area (Å²) in [6, 6.07) is 10.7. The fourth-order valence-corrected chi connectivity index (χ4v) is 2.26. The second-order valence-electron chi connectivity index (χ2n) is 3.58. The van der Waals surface area contributed by atoms with E-state index in [-0.39, 0.29) is 0 Å². The summed E-state index contributed by atoms with van der Waals surface area (Å²) in [5.41, 5.74) is 3.86. The zero-order chi connectivity index (χ0) is 10.7. The fraction of sp³-hybridized carbons (Fsp3) is 0.143. The Kier molecular flexibility index (Phi) is 2.89. The lowest BCUT2D eigenvalue weighted by atomic mass is 10.0. The van der Waals surface area contributed by atoms with Gasteiger partial charge in [0.25, 0.3) is 0 Å². The molecule has 0 aliphatic carbocycles. The summed E-state index contributed by atoms with van der Waals surface area (Å²) in [5, 5.41) is 2.05. The molecule has 0 N–H and O–H groups in total. The van der Waals surface area contributed by atoms with Crippen molar-refractivity contribution in [3.8, 4) is 12.3 Å². The van der Waals surface area contributed by atoms with Gasteiger partial charge in [-0.05, 0) is 35.9 Å². The molecule has 1 heterocycles. The van der Waals surface area contributed by atoms with Crippen LogP contribution in [-0.2, 0) is 6.42 Å². The predicted molar refractivity (Wildman–Crippen MR) is 66.2 cm³/mol. The summed E-state index contributed by atoms with van der Waals surface area (Å²) in [4.78, 5) is 1.05. The minimum absolute atomic E-state index is 0.934. The van der Waals surface area contributed by atoms with Crippen molar-refractivity contribution in [1.82, 2.24) is 0 Å². The van der Waals surface area contributed by atoms with Gasteiger partial charge in [-0.3, -0.25) is 0 Å². The first-order valence-electron chi connectivity index (χ1n) is 4.88. The summed E-state index contributed by atoms with van der Waals surface area (Å²) < 4.78 is 0. The Labute approximate surface area is 94.6 Å². The Morgan fingerprint density at radius 1 is 1.20 bits per heavy atom. The number of aryl methyl sites for hydroxylation is 1. The molecule has 0 bridgehead atoms. The average Bonchev–Trinajstić information content (AvgIpc) is 2.69. The number of benzene rings is 1. The molecule has 0 amide bonds. The van der Waals surface area contributed by atoms with Gasteiger partial charge in [-0.25, -0.2) is 0 Å². The second-order valence-corrected chi connectivity index (χ2v) is 4.50. The standard InChI is InChI=1S/C14H12S/c1-3-14-13(8-9-15-14)10-12-6-4-11(2)5-7-12/h1,4-9H,10H2,2H3. The highest BCUT2D eigenvalue weighted by Crippen LogP contribution is 2.19. The molecule has 0 aliphatic heterocycles. The van der Waals surface area contributed by atoms with E-state index in [4.69, 9.17) is 6.42 Å². The largest absolute Gasteiger partial charge is 0.135 e. The van der Waals surface area contributed by atoms with E-state index in [2.05, 4.69) is 48.6 Å². The molecular weight excluding hydrogens is 200 g/mol. The van der Waals surface area contributed by atoms with E-state index in [1.165, 1.54) is 16.7 Å². The summed E-state index contributed by atoms with van der Waals surface area (Å²) in [7, 11) is 0. The molecule has 0 radical (unpaired) electrons. The maximum Gasteiger partial charge on any atom is 0.0801 e. The molecule has 0 saturated carbocycles. The molecule has 1 aromatic carbocycles. The molecule has 0 fully saturated rings. The van der Waals surface area contributed by atoms with Crippen LogP contribution in [0.5, 0.6) is 0 Å². The molecule has 74 valence electrons. The molecule has 0 saturated heterocycles. The third kappa shape index (κ3) is 2.29. The summed E-state index contributed by atoms with van der Waals surface area (Å²) in [6.45, 7) is 2.10. The van der Waals surface area contributed by atoms with Crippen molar-refractivity contribution >= 4 is 11.3 Å². The number of rotatable bonds is 2. The first kappa shape index (κ1) is 10.0. The van der Waals surface area contributed by atoms with Crippen molar-refractivity contribution in [2.24, 2.45) is 0 Å². The van der Waals surface area contributed by atoms with Gasteiger partial charge >= 0.3 is 0 Å². The van der Waals surface area contributed by atoms with Gasteiger partial charge in [-0.1, -0.05) is 35.7 Å². The van der Waals surface area contributed by atoms with Crippen molar-refractivity contribution in [1.29, 1.82) is 0 Å². The van der Waals surface area contributed by atoms with E-state index < -0.39 is 0 Å². The fourth-order valence-electron chi connectivity index (χ4n) is 1.53. The quantitative estimate of drug-likeness (QED) is 0.667. The first-order valence-corrected chi connectivity index (χ1v) is 5.76. The lowest BCUT2D eigenvalue weighted by Crippen LogP contribution is -1.88. The Morgan fingerprint density at radius 3 is 2.60 bits per heavy atom. The van der Waals surface area contributed by atoms with Gasteiger partial charge in [0.05, 0.1) is 4.88 Å². The normalized spacial score (nSPS) is 9.87. The lowest BCUT2D eigenvalue weighted by molar-refractivity contribution is 1.20. The Bertz CT molecular complexity index is 483. The second kappa shape index (κ2) is 4.33. The molecule has 1 heteroatoms. The topological polar surface area (TPSA) is 0 Å². The summed E-state index contributed by atoms with van der Waals surface area (Å²) >= 11 is 1.64. The van der Waals surface area contributed by atoms with E-state index in [0.717, 1.165) is 11.3 Å². The molecule has 15 heavy (non-hydrogen) atoms. The van der Waals surface area contributed by atoms with E-state index in [1.54, 1.807) is 11.3 Å². The highest BCUT2D eigenvalue weighted by Gasteiger charge is 2.02. The number of terminal acetylenes is 1. The Morgan fingerprint density at radius 2 is 1.93 bits per heavy atom. The minimum Gasteiger partial charge on any atom is -0.135 e. The van der Waals surface area contributed by atoms with Crippen LogP contribution in [0.1, 0.15) is 21.6 Å². The van der Waals surface area contributed by atoms with Crippen molar-refractivity contribution < 1.29 is 0 Å². The zero-order valence-electron chi connectivity index (χ0n) is 8.66. The van der Waals surface area contributed by atoms with Crippen LogP contribution >= 0.6 is 11.3 Å². The van der Waals surface area contributed by atoms with Crippen LogP contribution in [0, 0.1) is 19.3 Å². The zero-order valence-corrected chi connectivity index (χ0v) is 9.47. The molecule has 2 aromatic rings. The van der Waals surface area contributed by atoms with Crippen molar-refractivity contribution in [3.63, 3.8) is 0 Å². The number of hydrogen-bond donors (Lipinski definition) is 0. The SMILES string of the molecule is C#Cc1sccc1Cc1ccc(C)cc1. The van der Waals surface area contributed by atoms with Gasteiger partial charge in [0.1, 0.15) is 0 Å². The van der Waals surface area contributed by atoms with Crippen LogP contribution in [0.15, 0.2) is 35.7 Å². The molecule has 0 aliphatic rings. The first-order chi connectivity index (χ1) is 7.29. The molecule has 0 unspecified atom stereocenters. The van der Waals surface area contributed by atoms with Crippen LogP contribution in [-0.4, -0.2) is 0 Å². The lowest BCUT2D eigenvalue weighted by Gasteiger charge is -2.00. The highest BCUT2D eigenvalue weighted by atomic mass is 32.1. The Balaban J connectivity index is 2.23. The van der Waals surface area contributed by atoms with Gasteiger partial charge in [-0.2, -0.15) is 0 Å². The van der Waals surface area contributed by atoms with E-state index >= 15 is 0 Å². The van der Waals surface area contributed by atoms with Crippen LogP contribution in [0.2, 0.25) is 0 Å².